The molecule has 1 saturated heterocycles. The Morgan fingerprint density at radius 3 is 2.74 bits per heavy atom. The predicted molar refractivity (Wildman–Crippen MR) is 85.0 cm³/mol. The lowest BCUT2D eigenvalue weighted by Crippen LogP contribution is -2.30. The first-order valence-corrected chi connectivity index (χ1v) is 8.90. The van der Waals surface area contributed by atoms with Gasteiger partial charge in [-0.05, 0) is 37.6 Å². The fourth-order valence-corrected chi connectivity index (χ4v) is 4.04. The van der Waals surface area contributed by atoms with Crippen molar-refractivity contribution in [1.82, 2.24) is 9.78 Å². The highest BCUT2D eigenvalue weighted by Gasteiger charge is 2.27. The number of aromatic hydroxyl groups is 1. The molecule has 0 bridgehead atoms. The molecule has 1 aliphatic heterocycles. The number of anilines is 1. The zero-order valence-electron chi connectivity index (χ0n) is 12.8. The van der Waals surface area contributed by atoms with E-state index >= 15 is 0 Å². The van der Waals surface area contributed by atoms with Gasteiger partial charge < -0.3 is 9.84 Å². The molecule has 1 aromatic heterocycles. The molecule has 1 aliphatic rings. The maximum absolute atomic E-state index is 12.9. The minimum absolute atomic E-state index is 0.0858. The van der Waals surface area contributed by atoms with Gasteiger partial charge in [-0.3, -0.25) is 8.99 Å². The molecule has 1 fully saturated rings. The summed E-state index contributed by atoms with van der Waals surface area (Å²) in [5, 5.41) is 13.5. The monoisotopic (exact) mass is 337 g/mol. The SMILES string of the molecule is CCN(c1ccc(O)cc1)S(=O)(=O)c1cnn([C@H]2CCOC2)c1. The van der Waals surface area contributed by atoms with Gasteiger partial charge in [-0.15, -0.1) is 0 Å². The molecular weight excluding hydrogens is 318 g/mol. The van der Waals surface area contributed by atoms with Gasteiger partial charge in [0.15, 0.2) is 0 Å². The van der Waals surface area contributed by atoms with Crippen molar-refractivity contribution in [2.75, 3.05) is 24.1 Å². The number of phenols is 1. The zero-order chi connectivity index (χ0) is 16.4. The van der Waals surface area contributed by atoms with E-state index < -0.39 is 10.0 Å². The van der Waals surface area contributed by atoms with Gasteiger partial charge in [-0.25, -0.2) is 8.42 Å². The summed E-state index contributed by atoms with van der Waals surface area (Å²) in [5.74, 6) is 0.0938. The summed E-state index contributed by atoms with van der Waals surface area (Å²) in [5.41, 5.74) is 0.502. The summed E-state index contributed by atoms with van der Waals surface area (Å²) in [7, 11) is -3.70. The number of hydrogen-bond donors (Lipinski definition) is 1. The molecule has 1 aromatic carbocycles. The van der Waals surface area contributed by atoms with Crippen LogP contribution in [0.15, 0.2) is 41.6 Å². The molecule has 0 aliphatic carbocycles. The molecule has 3 rings (SSSR count). The normalized spacial score (nSPS) is 18.2. The molecule has 2 aromatic rings. The van der Waals surface area contributed by atoms with E-state index in [0.29, 0.717) is 18.9 Å². The molecule has 0 amide bonds. The summed E-state index contributed by atoms with van der Waals surface area (Å²) in [6, 6.07) is 6.17. The van der Waals surface area contributed by atoms with Gasteiger partial charge in [0.05, 0.1) is 24.5 Å². The molecular formula is C15H19N3O4S. The van der Waals surface area contributed by atoms with Crippen molar-refractivity contribution in [2.24, 2.45) is 0 Å². The Bertz CT molecular complexity index is 764. The highest BCUT2D eigenvalue weighted by Crippen LogP contribution is 2.26. The van der Waals surface area contributed by atoms with Gasteiger partial charge in [0.2, 0.25) is 0 Å². The third kappa shape index (κ3) is 3.04. The largest absolute Gasteiger partial charge is 0.508 e. The van der Waals surface area contributed by atoms with E-state index in [0.717, 1.165) is 6.42 Å². The van der Waals surface area contributed by atoms with Crippen LogP contribution in [0.25, 0.3) is 0 Å². The maximum Gasteiger partial charge on any atom is 0.267 e. The lowest BCUT2D eigenvalue weighted by atomic mass is 10.3. The number of aromatic nitrogens is 2. The first-order valence-electron chi connectivity index (χ1n) is 7.46. The average molecular weight is 337 g/mol. The lowest BCUT2D eigenvalue weighted by molar-refractivity contribution is 0.184. The first kappa shape index (κ1) is 15.8. The third-order valence-electron chi connectivity index (χ3n) is 3.87. The fourth-order valence-electron chi connectivity index (χ4n) is 2.62. The number of hydrogen-bond acceptors (Lipinski definition) is 5. The van der Waals surface area contributed by atoms with Crippen LogP contribution in [0.4, 0.5) is 5.69 Å². The van der Waals surface area contributed by atoms with E-state index in [-0.39, 0.29) is 23.2 Å². The molecule has 1 N–H and O–H groups in total. The molecule has 0 saturated carbocycles. The smallest absolute Gasteiger partial charge is 0.267 e. The van der Waals surface area contributed by atoms with Crippen LogP contribution in [-0.2, 0) is 14.8 Å². The number of nitrogens with zero attached hydrogens (tertiary/aromatic N) is 3. The van der Waals surface area contributed by atoms with Gasteiger partial charge in [-0.1, -0.05) is 0 Å². The summed E-state index contributed by atoms with van der Waals surface area (Å²) in [4.78, 5) is 0.152. The fraction of sp³-hybridized carbons (Fsp3) is 0.400. The topological polar surface area (TPSA) is 84.7 Å². The number of ether oxygens (including phenoxy) is 1. The Labute approximate surface area is 135 Å². The first-order chi connectivity index (χ1) is 11.0. The van der Waals surface area contributed by atoms with Gasteiger partial charge in [0, 0.05) is 19.3 Å². The molecule has 0 unspecified atom stereocenters. The van der Waals surface area contributed by atoms with Gasteiger partial charge in [0.1, 0.15) is 10.6 Å². The van der Waals surface area contributed by atoms with Gasteiger partial charge >= 0.3 is 0 Å². The maximum atomic E-state index is 12.9. The van der Waals surface area contributed by atoms with Crippen LogP contribution >= 0.6 is 0 Å². The molecule has 1 atom stereocenters. The second-order valence-corrected chi connectivity index (χ2v) is 7.22. The second kappa shape index (κ2) is 6.21. The van der Waals surface area contributed by atoms with Crippen LogP contribution in [0, 0.1) is 0 Å². The van der Waals surface area contributed by atoms with Crippen molar-refractivity contribution < 1.29 is 18.3 Å². The summed E-state index contributed by atoms with van der Waals surface area (Å²) in [6.07, 6.45) is 3.76. The zero-order valence-corrected chi connectivity index (χ0v) is 13.6. The number of rotatable bonds is 5. The van der Waals surface area contributed by atoms with Crippen LogP contribution in [0.1, 0.15) is 19.4 Å². The molecule has 0 radical (unpaired) electrons. The van der Waals surface area contributed by atoms with Crippen molar-refractivity contribution in [3.8, 4) is 5.75 Å². The van der Waals surface area contributed by atoms with Crippen LogP contribution in [0.2, 0.25) is 0 Å². The Hall–Kier alpha value is -2.06. The van der Waals surface area contributed by atoms with Gasteiger partial charge in [0.25, 0.3) is 10.0 Å². The standard InChI is InChI=1S/C15H19N3O4S/c1-2-18(12-3-5-14(19)6-4-12)23(20,21)15-9-16-17(10-15)13-7-8-22-11-13/h3-6,9-10,13,19H,2,7-8,11H2,1H3/t13-/m0/s1. The minimum atomic E-state index is -3.70. The third-order valence-corrected chi connectivity index (χ3v) is 5.73. The molecule has 124 valence electrons. The van der Waals surface area contributed by atoms with E-state index in [1.165, 1.54) is 22.6 Å². The Kier molecular flexibility index (Phi) is 4.27. The summed E-state index contributed by atoms with van der Waals surface area (Å²) in [6.45, 7) is 3.27. The van der Waals surface area contributed by atoms with Gasteiger partial charge in [-0.2, -0.15) is 5.10 Å². The van der Waals surface area contributed by atoms with E-state index in [1.54, 1.807) is 29.9 Å². The highest BCUT2D eigenvalue weighted by molar-refractivity contribution is 7.92. The highest BCUT2D eigenvalue weighted by atomic mass is 32.2. The van der Waals surface area contributed by atoms with Crippen molar-refractivity contribution in [3.05, 3.63) is 36.7 Å². The van der Waals surface area contributed by atoms with E-state index in [4.69, 9.17) is 4.74 Å². The number of benzene rings is 1. The quantitative estimate of drug-likeness (QED) is 0.899. The van der Waals surface area contributed by atoms with Crippen LogP contribution in [-0.4, -0.2) is 43.1 Å². The predicted octanol–water partition coefficient (Wildman–Crippen LogP) is 1.77. The van der Waals surface area contributed by atoms with Crippen molar-refractivity contribution >= 4 is 15.7 Å². The van der Waals surface area contributed by atoms with E-state index in [1.807, 2.05) is 0 Å². The molecule has 0 spiro atoms. The average Bonchev–Trinajstić information content (AvgIpc) is 3.21. The Morgan fingerprint density at radius 2 is 2.13 bits per heavy atom. The molecule has 8 heteroatoms. The van der Waals surface area contributed by atoms with Crippen molar-refractivity contribution in [1.29, 1.82) is 0 Å². The van der Waals surface area contributed by atoms with Crippen molar-refractivity contribution in [3.63, 3.8) is 0 Å². The van der Waals surface area contributed by atoms with Crippen LogP contribution in [0.5, 0.6) is 5.75 Å². The Morgan fingerprint density at radius 1 is 1.39 bits per heavy atom. The summed E-state index contributed by atoms with van der Waals surface area (Å²) >= 11 is 0. The summed E-state index contributed by atoms with van der Waals surface area (Å²) < 4.78 is 34.0. The minimum Gasteiger partial charge on any atom is -0.508 e. The lowest BCUT2D eigenvalue weighted by Gasteiger charge is -2.22. The van der Waals surface area contributed by atoms with E-state index in [2.05, 4.69) is 5.10 Å². The number of sulfonamides is 1. The van der Waals surface area contributed by atoms with E-state index in [9.17, 15) is 13.5 Å². The van der Waals surface area contributed by atoms with Crippen LogP contribution in [0.3, 0.4) is 0 Å². The molecule has 23 heavy (non-hydrogen) atoms. The molecule has 7 nitrogen and oxygen atoms in total. The van der Waals surface area contributed by atoms with Crippen LogP contribution < -0.4 is 4.31 Å². The van der Waals surface area contributed by atoms with Crippen molar-refractivity contribution in [2.45, 2.75) is 24.3 Å². The Balaban J connectivity index is 1.91. The molecule has 2 heterocycles. The number of phenolic OH excluding ortho intramolecular Hbond substituents is 1. The second-order valence-electron chi connectivity index (χ2n) is 5.36.